The highest BCUT2D eigenvalue weighted by Crippen LogP contribution is 2.52. The zero-order valence-electron chi connectivity index (χ0n) is 15.5. The summed E-state index contributed by atoms with van der Waals surface area (Å²) in [6.07, 6.45) is 0. The van der Waals surface area contributed by atoms with Crippen LogP contribution in [0.3, 0.4) is 0 Å². The molecule has 3 unspecified atom stereocenters. The summed E-state index contributed by atoms with van der Waals surface area (Å²) in [5.74, 6) is -1.08. The van der Waals surface area contributed by atoms with E-state index in [2.05, 4.69) is 21.2 Å². The molecule has 4 aliphatic rings. The fourth-order valence-corrected chi connectivity index (χ4v) is 7.65. The number of ether oxygens (including phenoxy) is 1. The summed E-state index contributed by atoms with van der Waals surface area (Å²) in [6.45, 7) is 2.53. The van der Waals surface area contributed by atoms with Gasteiger partial charge in [-0.3, -0.25) is 14.9 Å². The maximum Gasteiger partial charge on any atom is 0.339 e. The Morgan fingerprint density at radius 2 is 2.00 bits per heavy atom. The third-order valence-corrected chi connectivity index (χ3v) is 10.4. The molecule has 15 heteroatoms. The molecule has 170 valence electrons. The van der Waals surface area contributed by atoms with Crippen LogP contribution < -0.4 is 11.1 Å². The van der Waals surface area contributed by atoms with Gasteiger partial charge in [-0.15, -0.1) is 35.9 Å². The Kier molecular flexibility index (Phi) is 6.88. The van der Waals surface area contributed by atoms with Crippen LogP contribution in [0.4, 0.5) is 0 Å². The number of fused-ring (bicyclic) bond motifs is 2. The molecule has 0 aromatic carbocycles. The van der Waals surface area contributed by atoms with Crippen LogP contribution in [-0.2, 0) is 19.1 Å². The number of hydrogen-bond donors (Lipinski definition) is 2. The van der Waals surface area contributed by atoms with Gasteiger partial charge in [-0.05, 0) is 6.92 Å². The smallest absolute Gasteiger partial charge is 0.339 e. The third-order valence-electron chi connectivity index (χ3n) is 5.42. The molecule has 4 fully saturated rings. The Morgan fingerprint density at radius 1 is 1.33 bits per heavy atom. The van der Waals surface area contributed by atoms with Crippen LogP contribution in [-0.4, -0.2) is 88.9 Å². The first-order valence-corrected chi connectivity index (χ1v) is 12.9. The second-order valence-corrected chi connectivity index (χ2v) is 13.6. The number of thioether (sulfide) groups is 2. The number of nitrogens with one attached hydrogen (secondary N) is 1. The standard InChI is InChI=1S/C15H18BrCl3N4O4S2.ClH/c1-12(4-16)5-23-8(25)15(20,10(23)29-12)21-14(11(26)27-6-13(17,18)19)7(24)22-2-3-28-9(14)22;/h9-10,21H,2-6,20H2,1H3;1H/t9-,10-,12?,14?,15?;/m0./s1. The number of rotatable bonds is 5. The number of alkyl halides is 4. The first-order valence-electron chi connectivity index (χ1n) is 8.68. The van der Waals surface area contributed by atoms with Gasteiger partial charge >= 0.3 is 5.97 Å². The molecule has 0 spiro atoms. The van der Waals surface area contributed by atoms with Crippen molar-refractivity contribution in [2.75, 3.05) is 30.8 Å². The maximum atomic E-state index is 13.0. The van der Waals surface area contributed by atoms with Gasteiger partial charge < -0.3 is 20.3 Å². The van der Waals surface area contributed by atoms with E-state index in [0.29, 0.717) is 24.2 Å². The van der Waals surface area contributed by atoms with Crippen LogP contribution in [0.1, 0.15) is 6.92 Å². The second kappa shape index (κ2) is 8.16. The molecule has 0 aromatic rings. The number of carbonyl (C=O) groups is 3. The third kappa shape index (κ3) is 3.64. The highest BCUT2D eigenvalue weighted by molar-refractivity contribution is 9.09. The number of nitrogens with zero attached hydrogens (tertiary/aromatic N) is 2. The Morgan fingerprint density at radius 3 is 2.60 bits per heavy atom. The zero-order valence-corrected chi connectivity index (χ0v) is 21.8. The average molecular weight is 605 g/mol. The first kappa shape index (κ1) is 25.3. The van der Waals surface area contributed by atoms with Crippen LogP contribution in [0.5, 0.6) is 0 Å². The lowest BCUT2D eigenvalue weighted by atomic mass is 9.83. The van der Waals surface area contributed by atoms with Gasteiger partial charge in [0.1, 0.15) is 17.4 Å². The normalized spacial score (nSPS) is 39.7. The van der Waals surface area contributed by atoms with Crippen LogP contribution in [0.2, 0.25) is 0 Å². The van der Waals surface area contributed by atoms with Crippen molar-refractivity contribution < 1.29 is 19.1 Å². The number of esters is 1. The van der Waals surface area contributed by atoms with Gasteiger partial charge in [-0.25, -0.2) is 4.79 Å². The molecule has 4 saturated heterocycles. The van der Waals surface area contributed by atoms with Gasteiger partial charge in [0.2, 0.25) is 9.33 Å². The van der Waals surface area contributed by atoms with Crippen molar-refractivity contribution >= 4 is 104 Å². The van der Waals surface area contributed by atoms with E-state index in [1.54, 1.807) is 9.80 Å². The summed E-state index contributed by atoms with van der Waals surface area (Å²) in [5, 5.41) is 2.64. The molecule has 8 nitrogen and oxygen atoms in total. The Hall–Kier alpha value is 0.670. The van der Waals surface area contributed by atoms with Crippen molar-refractivity contribution in [1.82, 2.24) is 15.1 Å². The summed E-state index contributed by atoms with van der Waals surface area (Å²) in [5.41, 5.74) is 3.10. The van der Waals surface area contributed by atoms with Crippen LogP contribution in [0.15, 0.2) is 0 Å². The van der Waals surface area contributed by atoms with Crippen LogP contribution >= 0.6 is 86.7 Å². The Labute approximate surface area is 211 Å². The Bertz CT molecular complexity index is 794. The lowest BCUT2D eigenvalue weighted by Gasteiger charge is -2.58. The molecule has 4 heterocycles. The fraction of sp³-hybridized carbons (Fsp3) is 0.800. The van der Waals surface area contributed by atoms with Crippen LogP contribution in [0.25, 0.3) is 0 Å². The lowest BCUT2D eigenvalue weighted by Crippen LogP contribution is -2.91. The Balaban J connectivity index is 0.00000256. The average Bonchev–Trinajstić information content (AvgIpc) is 3.25. The van der Waals surface area contributed by atoms with Crippen molar-refractivity contribution in [2.24, 2.45) is 5.73 Å². The SMILES string of the molecule is CC1(CBr)CN2C(=O)C(N)(NC3(C(=O)OCC(Cl)(Cl)Cl)C(=O)N4CCS[C@H]43)[C@@H]2S1.Cl. The number of carbonyl (C=O) groups excluding carboxylic acids is 3. The number of hydrogen-bond acceptors (Lipinski definition) is 8. The largest absolute Gasteiger partial charge is 0.459 e. The summed E-state index contributed by atoms with van der Waals surface area (Å²) in [6, 6.07) is 0. The predicted octanol–water partition coefficient (Wildman–Crippen LogP) is 1.29. The molecule has 0 aromatic heterocycles. The van der Waals surface area contributed by atoms with E-state index >= 15 is 0 Å². The number of nitrogens with two attached hydrogens (primary N) is 1. The molecule has 4 rings (SSSR count). The van der Waals surface area contributed by atoms with Gasteiger partial charge in [0.05, 0.1) is 0 Å². The molecule has 0 saturated carbocycles. The minimum Gasteiger partial charge on any atom is -0.459 e. The molecule has 0 radical (unpaired) electrons. The number of halogens is 5. The monoisotopic (exact) mass is 602 g/mol. The van der Waals surface area contributed by atoms with Gasteiger partial charge in [-0.1, -0.05) is 50.7 Å². The molecule has 30 heavy (non-hydrogen) atoms. The second-order valence-electron chi connectivity index (χ2n) is 7.70. The van der Waals surface area contributed by atoms with E-state index in [9.17, 15) is 14.4 Å². The molecule has 2 amide bonds. The van der Waals surface area contributed by atoms with E-state index in [1.165, 1.54) is 23.5 Å². The quantitative estimate of drug-likeness (QED) is 0.159. The minimum atomic E-state index is -1.82. The maximum absolute atomic E-state index is 13.0. The molecule has 4 aliphatic heterocycles. The first-order chi connectivity index (χ1) is 13.4. The van der Waals surface area contributed by atoms with E-state index in [4.69, 9.17) is 45.3 Å². The van der Waals surface area contributed by atoms with Gasteiger partial charge in [0.25, 0.3) is 11.8 Å². The molecular weight excluding hydrogens is 586 g/mol. The molecule has 0 bridgehead atoms. The highest BCUT2D eigenvalue weighted by atomic mass is 79.9. The summed E-state index contributed by atoms with van der Waals surface area (Å²) >= 11 is 23.5. The van der Waals surface area contributed by atoms with Crippen molar-refractivity contribution in [3.63, 3.8) is 0 Å². The van der Waals surface area contributed by atoms with E-state index in [0.717, 1.165) is 0 Å². The number of amides is 2. The van der Waals surface area contributed by atoms with E-state index in [-0.39, 0.29) is 23.1 Å². The summed E-state index contributed by atoms with van der Waals surface area (Å²) in [4.78, 5) is 42.1. The van der Waals surface area contributed by atoms with Crippen LogP contribution in [0, 0.1) is 0 Å². The van der Waals surface area contributed by atoms with Crippen molar-refractivity contribution in [3.05, 3.63) is 0 Å². The zero-order chi connectivity index (χ0) is 21.4. The summed E-state index contributed by atoms with van der Waals surface area (Å²) < 4.78 is 3.12. The van der Waals surface area contributed by atoms with E-state index in [1.807, 2.05) is 6.92 Å². The molecule has 5 atom stereocenters. The summed E-state index contributed by atoms with van der Waals surface area (Å²) in [7, 11) is 0. The minimum absolute atomic E-state index is 0. The lowest BCUT2D eigenvalue weighted by molar-refractivity contribution is -0.180. The topological polar surface area (TPSA) is 105 Å². The molecule has 0 aliphatic carbocycles. The van der Waals surface area contributed by atoms with Gasteiger partial charge in [0, 0.05) is 28.9 Å². The van der Waals surface area contributed by atoms with Gasteiger partial charge in [0.15, 0.2) is 5.66 Å². The van der Waals surface area contributed by atoms with Crippen molar-refractivity contribution in [3.8, 4) is 0 Å². The molecule has 3 N–H and O–H groups in total. The van der Waals surface area contributed by atoms with Gasteiger partial charge in [-0.2, -0.15) is 0 Å². The fourth-order valence-electron chi connectivity index (χ4n) is 4.04. The predicted molar refractivity (Wildman–Crippen MR) is 125 cm³/mol. The van der Waals surface area contributed by atoms with Crippen molar-refractivity contribution in [2.45, 2.75) is 37.4 Å². The molecular formula is C15H19BrCl4N4O4S2. The van der Waals surface area contributed by atoms with E-state index < -0.39 is 44.2 Å². The highest BCUT2D eigenvalue weighted by Gasteiger charge is 2.75. The number of β-lactam (4-membered cyclic amide) rings is 2. The van der Waals surface area contributed by atoms with Crippen molar-refractivity contribution in [1.29, 1.82) is 0 Å².